The molecule has 0 unspecified atom stereocenters. The smallest absolute Gasteiger partial charge is 0.214 e. The molecule has 0 spiro atoms. The first-order chi connectivity index (χ1) is 7.66. The monoisotopic (exact) mass is 288 g/mol. The molecule has 7 heteroatoms. The van der Waals surface area contributed by atoms with Crippen molar-refractivity contribution in [2.24, 2.45) is 5.73 Å². The molecule has 5 N–H and O–H groups in total. The van der Waals surface area contributed by atoms with Crippen molar-refractivity contribution < 1.29 is 17.4 Å². The van der Waals surface area contributed by atoms with Crippen LogP contribution in [0.4, 0.5) is 5.69 Å². The fourth-order valence-electron chi connectivity index (χ4n) is 1.41. The summed E-state index contributed by atoms with van der Waals surface area (Å²) in [4.78, 5) is 3.10. The number of nitrogens with two attached hydrogens (primary N) is 1. The summed E-state index contributed by atoms with van der Waals surface area (Å²) < 4.78 is 0. The first-order valence-electron chi connectivity index (χ1n) is 4.58. The number of nitrogens with one attached hydrogen (secondary N) is 3. The number of rotatable bonds is 2. The highest BCUT2D eigenvalue weighted by Crippen LogP contribution is 2.21. The molecule has 0 fully saturated rings. The lowest BCUT2D eigenvalue weighted by Crippen LogP contribution is -3.00. The Labute approximate surface area is 115 Å². The lowest BCUT2D eigenvalue weighted by molar-refractivity contribution is -0.344. The van der Waals surface area contributed by atoms with Crippen LogP contribution in [-0.2, 0) is 0 Å². The van der Waals surface area contributed by atoms with Gasteiger partial charge in [-0.25, -0.2) is 4.98 Å². The molecule has 0 saturated heterocycles. The molecule has 90 valence electrons. The zero-order valence-electron chi connectivity index (χ0n) is 8.63. The van der Waals surface area contributed by atoms with Gasteiger partial charge in [0, 0.05) is 17.2 Å². The van der Waals surface area contributed by atoms with Gasteiger partial charge in [0.2, 0.25) is 5.52 Å². The van der Waals surface area contributed by atoms with E-state index in [1.165, 1.54) is 0 Å². The maximum atomic E-state index is 5.90. The van der Waals surface area contributed by atoms with Gasteiger partial charge in [0.1, 0.15) is 0 Å². The number of thiocarbonyl (C=S) groups is 1. The molecular weight excluding hydrogens is 279 g/mol. The van der Waals surface area contributed by atoms with Gasteiger partial charge in [0.15, 0.2) is 11.3 Å². The van der Waals surface area contributed by atoms with Gasteiger partial charge in [-0.1, -0.05) is 11.6 Å². The van der Waals surface area contributed by atoms with Gasteiger partial charge in [0.25, 0.3) is 0 Å². The summed E-state index contributed by atoms with van der Waals surface area (Å²) in [6, 6.07) is 7.46. The van der Waals surface area contributed by atoms with Gasteiger partial charge >= 0.3 is 0 Å². The molecule has 0 atom stereocenters. The summed E-state index contributed by atoms with van der Waals surface area (Å²) in [7, 11) is 0. The number of aromatic nitrogens is 1. The lowest BCUT2D eigenvalue weighted by Gasteiger charge is -2.08. The zero-order chi connectivity index (χ0) is 11.5. The third-order valence-corrected chi connectivity index (χ3v) is 2.42. The molecule has 1 aromatic heterocycles. The molecule has 17 heavy (non-hydrogen) atoms. The molecule has 1 aromatic carbocycles. The first kappa shape index (κ1) is 13.8. The van der Waals surface area contributed by atoms with Crippen LogP contribution >= 0.6 is 23.8 Å². The Morgan fingerprint density at radius 3 is 2.82 bits per heavy atom. The number of fused-ring (bicyclic) bond motifs is 1. The molecule has 2 rings (SSSR count). The molecule has 0 radical (unpaired) electrons. The predicted octanol–water partition coefficient (Wildman–Crippen LogP) is -1.53. The van der Waals surface area contributed by atoms with Crippen LogP contribution in [0, 0.1) is 0 Å². The van der Waals surface area contributed by atoms with Crippen LogP contribution in [-0.4, -0.2) is 5.11 Å². The van der Waals surface area contributed by atoms with Crippen LogP contribution in [0.25, 0.3) is 10.9 Å². The third-order valence-electron chi connectivity index (χ3n) is 2.08. The van der Waals surface area contributed by atoms with Crippen molar-refractivity contribution in [3.05, 3.63) is 35.5 Å². The van der Waals surface area contributed by atoms with Crippen LogP contribution in [0.5, 0.6) is 0 Å². The van der Waals surface area contributed by atoms with E-state index >= 15 is 0 Å². The minimum absolute atomic E-state index is 0. The standard InChI is InChI=1S/C10H9ClN4S.ClH/c11-6-1-2-7-8(14-15-10(12)16)3-4-13-9(7)5-6;/h1-5H,(H,13,14)(H3,12,15,16);1H. The van der Waals surface area contributed by atoms with E-state index in [0.29, 0.717) is 5.02 Å². The largest absolute Gasteiger partial charge is 1.00 e. The number of hydrazine groups is 1. The molecule has 0 bridgehead atoms. The molecule has 0 aliphatic carbocycles. The number of benzene rings is 1. The van der Waals surface area contributed by atoms with Gasteiger partial charge in [0.05, 0.1) is 11.1 Å². The highest BCUT2D eigenvalue weighted by Gasteiger charge is 2.06. The van der Waals surface area contributed by atoms with Gasteiger partial charge in [-0.05, 0) is 24.4 Å². The summed E-state index contributed by atoms with van der Waals surface area (Å²) in [6.45, 7) is 0. The summed E-state index contributed by atoms with van der Waals surface area (Å²) in [6.07, 6.45) is 1.81. The van der Waals surface area contributed by atoms with Crippen molar-refractivity contribution in [2.75, 3.05) is 5.43 Å². The Kier molecular flexibility index (Phi) is 4.74. The third kappa shape index (κ3) is 3.33. The molecule has 0 aliphatic heterocycles. The molecular formula is C10H10Cl2N4S. The van der Waals surface area contributed by atoms with E-state index in [0.717, 1.165) is 16.6 Å². The molecule has 1 heterocycles. The predicted molar refractivity (Wildman–Crippen MR) is 69.1 cm³/mol. The number of halogens is 2. The van der Waals surface area contributed by atoms with Gasteiger partial charge in [-0.3, -0.25) is 10.9 Å². The summed E-state index contributed by atoms with van der Waals surface area (Å²) in [5.41, 5.74) is 12.8. The topological polar surface area (TPSA) is 64.2 Å². The Bertz CT molecular complexity index is 547. The van der Waals surface area contributed by atoms with Crippen molar-refractivity contribution in [3.63, 3.8) is 0 Å². The second-order valence-electron chi connectivity index (χ2n) is 3.20. The lowest BCUT2D eigenvalue weighted by atomic mass is 10.2. The normalized spacial score (nSPS) is 9.47. The fraction of sp³-hybridized carbons (Fsp3) is 0. The van der Waals surface area contributed by atoms with E-state index < -0.39 is 0 Å². The van der Waals surface area contributed by atoms with Crippen molar-refractivity contribution in [1.82, 2.24) is 5.43 Å². The highest BCUT2D eigenvalue weighted by atomic mass is 35.5. The number of hydrogen-bond acceptors (Lipinski definition) is 2. The van der Waals surface area contributed by atoms with Crippen LogP contribution < -0.4 is 34.0 Å². The first-order valence-corrected chi connectivity index (χ1v) is 5.37. The van der Waals surface area contributed by atoms with Crippen molar-refractivity contribution in [1.29, 1.82) is 0 Å². The van der Waals surface area contributed by atoms with Crippen molar-refractivity contribution >= 4 is 45.5 Å². The number of aromatic amines is 1. The maximum Gasteiger partial charge on any atom is 0.214 e. The van der Waals surface area contributed by atoms with Crippen LogP contribution in [0.1, 0.15) is 0 Å². The number of hydrogen-bond donors (Lipinski definition) is 3. The van der Waals surface area contributed by atoms with Crippen LogP contribution in [0.15, 0.2) is 30.5 Å². The molecule has 0 amide bonds. The molecule has 2 aromatic rings. The SMILES string of the molecule is NC(=S)NNc1cc[nH+]c2cc(Cl)ccc12.[Cl-]. The van der Waals surface area contributed by atoms with Gasteiger partial charge in [-0.2, -0.15) is 0 Å². The van der Waals surface area contributed by atoms with E-state index in [2.05, 4.69) is 15.8 Å². The summed E-state index contributed by atoms with van der Waals surface area (Å²) >= 11 is 10.6. The maximum absolute atomic E-state index is 5.90. The average Bonchev–Trinajstić information content (AvgIpc) is 2.25. The summed E-state index contributed by atoms with van der Waals surface area (Å²) in [5.74, 6) is 0. The van der Waals surface area contributed by atoms with E-state index in [-0.39, 0.29) is 17.5 Å². The Hall–Kier alpha value is -1.30. The van der Waals surface area contributed by atoms with Crippen molar-refractivity contribution in [2.45, 2.75) is 0 Å². The number of anilines is 1. The Balaban J connectivity index is 0.00000144. The zero-order valence-corrected chi connectivity index (χ0v) is 11.0. The quantitative estimate of drug-likeness (QED) is 0.464. The minimum Gasteiger partial charge on any atom is -1.00 e. The molecule has 0 aliphatic rings. The molecule has 0 saturated carbocycles. The molecule has 4 nitrogen and oxygen atoms in total. The Morgan fingerprint density at radius 1 is 1.35 bits per heavy atom. The fourth-order valence-corrected chi connectivity index (χ4v) is 1.64. The average molecular weight is 289 g/mol. The van der Waals surface area contributed by atoms with Crippen LogP contribution in [0.3, 0.4) is 0 Å². The minimum atomic E-state index is 0. The van der Waals surface area contributed by atoms with E-state index in [1.807, 2.05) is 30.5 Å². The van der Waals surface area contributed by atoms with Gasteiger partial charge < -0.3 is 18.1 Å². The Morgan fingerprint density at radius 2 is 2.12 bits per heavy atom. The second-order valence-corrected chi connectivity index (χ2v) is 4.07. The highest BCUT2D eigenvalue weighted by molar-refractivity contribution is 7.80. The van der Waals surface area contributed by atoms with Crippen LogP contribution in [0.2, 0.25) is 5.02 Å². The van der Waals surface area contributed by atoms with Crippen molar-refractivity contribution in [3.8, 4) is 0 Å². The van der Waals surface area contributed by atoms with E-state index in [4.69, 9.17) is 29.6 Å². The van der Waals surface area contributed by atoms with Gasteiger partial charge in [-0.15, -0.1) is 0 Å². The van der Waals surface area contributed by atoms with E-state index in [1.54, 1.807) is 0 Å². The number of pyridine rings is 1. The second kappa shape index (κ2) is 5.86. The summed E-state index contributed by atoms with van der Waals surface area (Å²) in [5, 5.41) is 1.87. The number of H-pyrrole nitrogens is 1. The van der Waals surface area contributed by atoms with E-state index in [9.17, 15) is 0 Å².